The number of likely N-dealkylation sites (N-methyl/N-ethyl adjacent to an activating group) is 1. The van der Waals surface area contributed by atoms with Crippen LogP contribution in [0.25, 0.3) is 0 Å². The van der Waals surface area contributed by atoms with Gasteiger partial charge in [0, 0.05) is 32.6 Å². The lowest BCUT2D eigenvalue weighted by atomic mass is 9.91. The molecule has 0 spiro atoms. The molecule has 3 aliphatic rings. The molecule has 21 heavy (non-hydrogen) atoms. The zero-order chi connectivity index (χ0) is 14.2. The van der Waals surface area contributed by atoms with Gasteiger partial charge >= 0.3 is 0 Å². The van der Waals surface area contributed by atoms with Crippen molar-refractivity contribution in [2.24, 2.45) is 17.8 Å². The van der Waals surface area contributed by atoms with E-state index in [9.17, 15) is 0 Å². The molecule has 1 saturated heterocycles. The molecule has 3 atom stereocenters. The normalized spacial score (nSPS) is 33.1. The fraction of sp³-hybridized carbons (Fsp3) is 0.750. The summed E-state index contributed by atoms with van der Waals surface area (Å²) in [6, 6.07) is 0. The van der Waals surface area contributed by atoms with Gasteiger partial charge in [0.15, 0.2) is 5.82 Å². The second-order valence-corrected chi connectivity index (χ2v) is 6.93. The first-order valence-corrected chi connectivity index (χ1v) is 8.17. The SMILES string of the molecule is CN1CCN(Cc2noc(C[C@@H]3C[C@@H]4C=C[C@H]3C4)n2)CC1. The van der Waals surface area contributed by atoms with Gasteiger partial charge in [0.05, 0.1) is 6.54 Å². The topological polar surface area (TPSA) is 45.4 Å². The van der Waals surface area contributed by atoms with Crippen LogP contribution >= 0.6 is 0 Å². The number of rotatable bonds is 4. The molecule has 0 radical (unpaired) electrons. The fourth-order valence-electron chi connectivity index (χ4n) is 4.00. The van der Waals surface area contributed by atoms with Crippen molar-refractivity contribution in [1.82, 2.24) is 19.9 Å². The predicted molar refractivity (Wildman–Crippen MR) is 79.6 cm³/mol. The predicted octanol–water partition coefficient (Wildman–Crippen LogP) is 1.57. The number of piperazine rings is 1. The largest absolute Gasteiger partial charge is 0.339 e. The summed E-state index contributed by atoms with van der Waals surface area (Å²) in [6.45, 7) is 5.27. The molecule has 2 aliphatic carbocycles. The van der Waals surface area contributed by atoms with Gasteiger partial charge in [-0.15, -0.1) is 0 Å². The lowest BCUT2D eigenvalue weighted by molar-refractivity contribution is 0.144. The second kappa shape index (κ2) is 5.54. The maximum Gasteiger partial charge on any atom is 0.226 e. The third-order valence-corrected chi connectivity index (χ3v) is 5.32. The first kappa shape index (κ1) is 13.5. The Morgan fingerprint density at radius 1 is 1.19 bits per heavy atom. The molecule has 5 heteroatoms. The third kappa shape index (κ3) is 2.90. The van der Waals surface area contributed by atoms with Crippen LogP contribution < -0.4 is 0 Å². The van der Waals surface area contributed by atoms with E-state index in [4.69, 9.17) is 4.52 Å². The number of aromatic nitrogens is 2. The van der Waals surface area contributed by atoms with Crippen molar-refractivity contribution in [2.75, 3.05) is 33.2 Å². The highest BCUT2D eigenvalue weighted by Crippen LogP contribution is 2.44. The summed E-state index contributed by atoms with van der Waals surface area (Å²) < 4.78 is 5.47. The Labute approximate surface area is 126 Å². The first-order valence-electron chi connectivity index (χ1n) is 8.17. The summed E-state index contributed by atoms with van der Waals surface area (Å²) in [6.07, 6.45) is 8.37. The number of hydrogen-bond donors (Lipinski definition) is 0. The van der Waals surface area contributed by atoms with E-state index in [1.54, 1.807) is 0 Å². The number of hydrogen-bond acceptors (Lipinski definition) is 5. The number of nitrogens with zero attached hydrogens (tertiary/aromatic N) is 4. The minimum absolute atomic E-state index is 0.719. The summed E-state index contributed by atoms with van der Waals surface area (Å²) in [4.78, 5) is 9.39. The lowest BCUT2D eigenvalue weighted by Gasteiger charge is -2.31. The molecule has 0 unspecified atom stereocenters. The molecule has 2 bridgehead atoms. The van der Waals surface area contributed by atoms with Gasteiger partial charge in [-0.1, -0.05) is 17.3 Å². The number of allylic oxidation sites excluding steroid dienone is 2. The minimum Gasteiger partial charge on any atom is -0.339 e. The third-order valence-electron chi connectivity index (χ3n) is 5.32. The van der Waals surface area contributed by atoms with Crippen LogP contribution in [-0.4, -0.2) is 53.2 Å². The summed E-state index contributed by atoms with van der Waals surface area (Å²) in [5.41, 5.74) is 0. The van der Waals surface area contributed by atoms with Gasteiger partial charge in [-0.2, -0.15) is 4.98 Å². The van der Waals surface area contributed by atoms with Crippen molar-refractivity contribution in [2.45, 2.75) is 25.8 Å². The molecule has 4 rings (SSSR count). The standard InChI is InChI=1S/C16H24N4O/c1-19-4-6-20(7-5-19)11-15-17-16(21-18-15)10-14-9-12-2-3-13(14)8-12/h2-3,12-14H,4-11H2,1H3/t12-,13+,14+/m1/s1. The highest BCUT2D eigenvalue weighted by atomic mass is 16.5. The summed E-state index contributed by atoms with van der Waals surface area (Å²) in [5, 5.41) is 4.17. The van der Waals surface area contributed by atoms with Gasteiger partial charge in [-0.25, -0.2) is 0 Å². The molecule has 114 valence electrons. The van der Waals surface area contributed by atoms with Crippen LogP contribution in [-0.2, 0) is 13.0 Å². The van der Waals surface area contributed by atoms with E-state index >= 15 is 0 Å². The van der Waals surface area contributed by atoms with Crippen LogP contribution in [0.15, 0.2) is 16.7 Å². The lowest BCUT2D eigenvalue weighted by Crippen LogP contribution is -2.44. The Morgan fingerprint density at radius 3 is 2.76 bits per heavy atom. The van der Waals surface area contributed by atoms with Crippen LogP contribution in [0.3, 0.4) is 0 Å². The molecule has 1 aromatic rings. The maximum absolute atomic E-state index is 5.47. The fourth-order valence-corrected chi connectivity index (χ4v) is 4.00. The zero-order valence-electron chi connectivity index (χ0n) is 12.7. The van der Waals surface area contributed by atoms with Gasteiger partial charge < -0.3 is 9.42 Å². The van der Waals surface area contributed by atoms with Crippen molar-refractivity contribution in [3.8, 4) is 0 Å². The summed E-state index contributed by atoms with van der Waals surface area (Å²) >= 11 is 0. The summed E-state index contributed by atoms with van der Waals surface area (Å²) in [7, 11) is 2.17. The Balaban J connectivity index is 1.32. The summed E-state index contributed by atoms with van der Waals surface area (Å²) in [5.74, 6) is 3.98. The minimum atomic E-state index is 0.719. The molecule has 1 aromatic heterocycles. The van der Waals surface area contributed by atoms with Gasteiger partial charge in [-0.05, 0) is 37.6 Å². The smallest absolute Gasteiger partial charge is 0.226 e. The highest BCUT2D eigenvalue weighted by Gasteiger charge is 2.36. The van der Waals surface area contributed by atoms with E-state index in [-0.39, 0.29) is 0 Å². The second-order valence-electron chi connectivity index (χ2n) is 6.93. The molecule has 5 nitrogen and oxygen atoms in total. The van der Waals surface area contributed by atoms with Crippen LogP contribution in [0.5, 0.6) is 0 Å². The van der Waals surface area contributed by atoms with Crippen LogP contribution in [0.4, 0.5) is 0 Å². The highest BCUT2D eigenvalue weighted by molar-refractivity contribution is 5.11. The average molecular weight is 288 g/mol. The molecule has 1 aliphatic heterocycles. The van der Waals surface area contributed by atoms with E-state index in [1.165, 1.54) is 12.8 Å². The Bertz CT molecular complexity index is 518. The molecule has 0 N–H and O–H groups in total. The van der Waals surface area contributed by atoms with E-state index in [0.29, 0.717) is 0 Å². The molecular weight excluding hydrogens is 264 g/mol. The van der Waals surface area contributed by atoms with Gasteiger partial charge in [0.25, 0.3) is 0 Å². The van der Waals surface area contributed by atoms with Crippen molar-refractivity contribution in [3.63, 3.8) is 0 Å². The molecule has 1 saturated carbocycles. The van der Waals surface area contributed by atoms with E-state index in [0.717, 1.165) is 68.6 Å². The van der Waals surface area contributed by atoms with Crippen molar-refractivity contribution >= 4 is 0 Å². The van der Waals surface area contributed by atoms with Gasteiger partial charge in [0.1, 0.15) is 0 Å². The molecule has 2 fully saturated rings. The van der Waals surface area contributed by atoms with E-state index in [1.807, 2.05) is 0 Å². The van der Waals surface area contributed by atoms with E-state index in [2.05, 4.69) is 39.1 Å². The monoisotopic (exact) mass is 288 g/mol. The van der Waals surface area contributed by atoms with Crippen LogP contribution in [0.2, 0.25) is 0 Å². The zero-order valence-corrected chi connectivity index (χ0v) is 12.7. The van der Waals surface area contributed by atoms with Crippen molar-refractivity contribution in [3.05, 3.63) is 23.9 Å². The van der Waals surface area contributed by atoms with Crippen molar-refractivity contribution < 1.29 is 4.52 Å². The Morgan fingerprint density at radius 2 is 2.05 bits per heavy atom. The molecule has 0 aromatic carbocycles. The Kier molecular flexibility index (Phi) is 3.55. The quantitative estimate of drug-likeness (QED) is 0.787. The number of fused-ring (bicyclic) bond motifs is 2. The molecule has 2 heterocycles. The first-order chi connectivity index (χ1) is 10.3. The van der Waals surface area contributed by atoms with Crippen LogP contribution in [0, 0.1) is 17.8 Å². The molecular formula is C16H24N4O. The van der Waals surface area contributed by atoms with Gasteiger partial charge in [0.2, 0.25) is 5.89 Å². The average Bonchev–Trinajstić information content (AvgIpc) is 3.19. The molecule has 0 amide bonds. The van der Waals surface area contributed by atoms with Crippen LogP contribution in [0.1, 0.15) is 24.6 Å². The van der Waals surface area contributed by atoms with Crippen molar-refractivity contribution in [1.29, 1.82) is 0 Å². The van der Waals surface area contributed by atoms with E-state index < -0.39 is 0 Å². The Hall–Kier alpha value is -1.20. The van der Waals surface area contributed by atoms with Gasteiger partial charge in [-0.3, -0.25) is 4.90 Å². The maximum atomic E-state index is 5.47.